The molecular weight excluding hydrogens is 333 g/mol. The molecule has 6 heteroatoms. The molecule has 2 N–H and O–H groups in total. The number of benzene rings is 2. The molecule has 0 bridgehead atoms. The number of aromatic carboxylic acids is 1. The summed E-state index contributed by atoms with van der Waals surface area (Å²) in [4.78, 5) is 13.4. The minimum absolute atomic E-state index is 0.0940. The molecule has 0 aromatic heterocycles. The van der Waals surface area contributed by atoms with E-state index < -0.39 is 11.8 Å². The van der Waals surface area contributed by atoms with Crippen molar-refractivity contribution in [3.05, 3.63) is 58.9 Å². The molecule has 1 saturated heterocycles. The van der Waals surface area contributed by atoms with Gasteiger partial charge in [-0.1, -0.05) is 12.1 Å². The van der Waals surface area contributed by atoms with Crippen molar-refractivity contribution in [3.63, 3.8) is 0 Å². The Morgan fingerprint density at radius 2 is 1.96 bits per heavy atom. The molecule has 0 spiro atoms. The predicted molar refractivity (Wildman–Crippen MR) is 97.3 cm³/mol. The zero-order valence-electron chi connectivity index (χ0n) is 14.5. The van der Waals surface area contributed by atoms with Gasteiger partial charge in [0.2, 0.25) is 0 Å². The highest BCUT2D eigenvalue weighted by atomic mass is 19.1. The van der Waals surface area contributed by atoms with Gasteiger partial charge in [0.1, 0.15) is 11.9 Å². The highest BCUT2D eigenvalue weighted by Crippen LogP contribution is 2.36. The van der Waals surface area contributed by atoms with Crippen molar-refractivity contribution in [2.75, 3.05) is 18.0 Å². The first-order valence-electron chi connectivity index (χ1n) is 8.55. The number of anilines is 2. The van der Waals surface area contributed by atoms with Gasteiger partial charge in [-0.15, -0.1) is 0 Å². The number of hydrogen-bond donors (Lipinski definition) is 2. The average molecular weight is 353 g/mol. The van der Waals surface area contributed by atoms with Crippen LogP contribution in [-0.2, 0) is 0 Å². The van der Waals surface area contributed by atoms with Crippen molar-refractivity contribution in [2.24, 2.45) is 0 Å². The van der Waals surface area contributed by atoms with Gasteiger partial charge >= 0.3 is 5.97 Å². The van der Waals surface area contributed by atoms with E-state index in [1.807, 2.05) is 17.0 Å². The number of piperidine rings is 1. The fraction of sp³-hybridized carbons (Fsp3) is 0.300. The molecule has 0 aliphatic carbocycles. The molecule has 2 aromatic rings. The lowest BCUT2D eigenvalue weighted by molar-refractivity contribution is 0.0692. The summed E-state index contributed by atoms with van der Waals surface area (Å²) in [5.74, 6) is -2.06. The number of halogens is 1. The third-order valence-corrected chi connectivity index (χ3v) is 4.73. The van der Waals surface area contributed by atoms with Crippen LogP contribution in [0.5, 0.6) is 0 Å². The average Bonchev–Trinajstić information content (AvgIpc) is 2.64. The van der Waals surface area contributed by atoms with E-state index in [2.05, 4.69) is 11.4 Å². The van der Waals surface area contributed by atoms with Crippen LogP contribution in [0.3, 0.4) is 0 Å². The molecule has 134 valence electrons. The zero-order valence-corrected chi connectivity index (χ0v) is 14.5. The first-order chi connectivity index (χ1) is 12.5. The van der Waals surface area contributed by atoms with E-state index in [1.165, 1.54) is 12.1 Å². The van der Waals surface area contributed by atoms with Crippen molar-refractivity contribution >= 4 is 17.3 Å². The lowest BCUT2D eigenvalue weighted by atomic mass is 9.98. The van der Waals surface area contributed by atoms with Gasteiger partial charge in [-0.3, -0.25) is 0 Å². The minimum Gasteiger partial charge on any atom is -0.478 e. The summed E-state index contributed by atoms with van der Waals surface area (Å²) in [7, 11) is 0. The van der Waals surface area contributed by atoms with Gasteiger partial charge in [0.15, 0.2) is 0 Å². The Kier molecular flexibility index (Phi) is 5.19. The summed E-state index contributed by atoms with van der Waals surface area (Å²) in [5.41, 5.74) is 2.12. The van der Waals surface area contributed by atoms with Crippen molar-refractivity contribution < 1.29 is 14.3 Å². The normalized spacial score (nSPS) is 14.7. The zero-order chi connectivity index (χ0) is 18.7. The fourth-order valence-electron chi connectivity index (χ4n) is 3.45. The molecule has 26 heavy (non-hydrogen) atoms. The Bertz CT molecular complexity index is 870. The van der Waals surface area contributed by atoms with Crippen molar-refractivity contribution in [1.82, 2.24) is 5.32 Å². The minimum atomic E-state index is -1.30. The second-order valence-corrected chi connectivity index (χ2v) is 6.40. The van der Waals surface area contributed by atoms with Crippen LogP contribution >= 0.6 is 0 Å². The van der Waals surface area contributed by atoms with E-state index in [9.17, 15) is 19.6 Å². The molecule has 1 fully saturated rings. The summed E-state index contributed by atoms with van der Waals surface area (Å²) >= 11 is 0. The maximum absolute atomic E-state index is 14.1. The molecule has 0 radical (unpaired) electrons. The molecule has 0 atom stereocenters. The number of nitrogens with one attached hydrogen (secondary N) is 1. The van der Waals surface area contributed by atoms with Crippen molar-refractivity contribution in [1.29, 1.82) is 5.26 Å². The number of para-hydroxylation sites is 1. The summed E-state index contributed by atoms with van der Waals surface area (Å²) in [6.45, 7) is 3.43. The van der Waals surface area contributed by atoms with E-state index in [4.69, 9.17) is 0 Å². The monoisotopic (exact) mass is 353 g/mol. The van der Waals surface area contributed by atoms with Gasteiger partial charge in [0.05, 0.1) is 16.8 Å². The second kappa shape index (κ2) is 7.54. The van der Waals surface area contributed by atoms with Crippen LogP contribution in [0.25, 0.3) is 0 Å². The number of rotatable bonds is 4. The van der Waals surface area contributed by atoms with Gasteiger partial charge < -0.3 is 15.3 Å². The molecule has 2 aromatic carbocycles. The molecule has 1 aliphatic heterocycles. The van der Waals surface area contributed by atoms with E-state index in [0.29, 0.717) is 22.5 Å². The number of nitriles is 1. The summed E-state index contributed by atoms with van der Waals surface area (Å²) in [6.07, 6.45) is 1.69. The quantitative estimate of drug-likeness (QED) is 0.878. The van der Waals surface area contributed by atoms with Crippen LogP contribution in [0.2, 0.25) is 0 Å². The third-order valence-electron chi connectivity index (χ3n) is 4.73. The smallest absolute Gasteiger partial charge is 0.338 e. The predicted octanol–water partition coefficient (Wildman–Crippen LogP) is 3.59. The van der Waals surface area contributed by atoms with Gasteiger partial charge in [-0.25, -0.2) is 9.18 Å². The highest BCUT2D eigenvalue weighted by Gasteiger charge is 2.27. The first-order valence-corrected chi connectivity index (χ1v) is 8.55. The first kappa shape index (κ1) is 17.9. The van der Waals surface area contributed by atoms with Crippen LogP contribution in [0.4, 0.5) is 15.8 Å². The van der Waals surface area contributed by atoms with E-state index >= 15 is 0 Å². The summed E-state index contributed by atoms with van der Waals surface area (Å²) < 4.78 is 14.1. The Hall–Kier alpha value is -2.91. The van der Waals surface area contributed by atoms with E-state index in [-0.39, 0.29) is 11.6 Å². The molecule has 0 unspecified atom stereocenters. The Morgan fingerprint density at radius 1 is 1.27 bits per heavy atom. The van der Waals surface area contributed by atoms with Crippen LogP contribution in [0, 0.1) is 24.1 Å². The standard InChI is InChI=1S/C20H20FN3O2/c1-13-10-17(21)16(20(25)26)11-19(13)24(15-6-8-23-9-7-15)18-5-3-2-4-14(18)12-22/h2-5,10-11,15,23H,6-9H2,1H3,(H,25,26). The highest BCUT2D eigenvalue weighted by molar-refractivity contribution is 5.90. The maximum Gasteiger partial charge on any atom is 0.338 e. The van der Waals surface area contributed by atoms with E-state index in [0.717, 1.165) is 25.9 Å². The maximum atomic E-state index is 14.1. The number of carbonyl (C=O) groups is 1. The van der Waals surface area contributed by atoms with Crippen LogP contribution in [0.1, 0.15) is 34.3 Å². The van der Waals surface area contributed by atoms with Gasteiger partial charge in [-0.2, -0.15) is 5.26 Å². The second-order valence-electron chi connectivity index (χ2n) is 6.40. The SMILES string of the molecule is Cc1cc(F)c(C(=O)O)cc1N(c1ccccc1C#N)C1CCNCC1. The topological polar surface area (TPSA) is 76.4 Å². The van der Waals surface area contributed by atoms with E-state index in [1.54, 1.807) is 19.1 Å². The fourth-order valence-corrected chi connectivity index (χ4v) is 3.45. The Balaban J connectivity index is 2.20. The molecule has 5 nitrogen and oxygen atoms in total. The van der Waals surface area contributed by atoms with Crippen LogP contribution in [0.15, 0.2) is 36.4 Å². The third kappa shape index (κ3) is 3.39. The number of hydrogen-bond acceptors (Lipinski definition) is 4. The molecule has 0 amide bonds. The van der Waals surface area contributed by atoms with Gasteiger partial charge in [0, 0.05) is 11.7 Å². The van der Waals surface area contributed by atoms with Crippen molar-refractivity contribution in [2.45, 2.75) is 25.8 Å². The van der Waals surface area contributed by atoms with Gasteiger partial charge in [-0.05, 0) is 62.7 Å². The van der Waals surface area contributed by atoms with Crippen LogP contribution in [-0.4, -0.2) is 30.2 Å². The Morgan fingerprint density at radius 3 is 2.62 bits per heavy atom. The number of nitrogens with zero attached hydrogens (tertiary/aromatic N) is 2. The molecule has 0 saturated carbocycles. The molecule has 1 heterocycles. The lowest BCUT2D eigenvalue weighted by Crippen LogP contribution is -2.41. The van der Waals surface area contributed by atoms with Crippen LogP contribution < -0.4 is 10.2 Å². The number of aryl methyl sites for hydroxylation is 1. The number of carboxylic acid groups (broad SMARTS) is 1. The number of carboxylic acids is 1. The summed E-state index contributed by atoms with van der Waals surface area (Å²) in [5, 5.41) is 22.2. The van der Waals surface area contributed by atoms with Crippen molar-refractivity contribution in [3.8, 4) is 6.07 Å². The lowest BCUT2D eigenvalue weighted by Gasteiger charge is -2.38. The largest absolute Gasteiger partial charge is 0.478 e. The molecule has 3 rings (SSSR count). The summed E-state index contributed by atoms with van der Waals surface area (Å²) in [6, 6.07) is 12.2. The Labute approximate surface area is 151 Å². The molecule has 1 aliphatic rings. The van der Waals surface area contributed by atoms with Gasteiger partial charge in [0.25, 0.3) is 0 Å². The molecular formula is C20H20FN3O2.